The monoisotopic (exact) mass is 377 g/mol. The van der Waals surface area contributed by atoms with Crippen molar-refractivity contribution in [2.45, 2.75) is 19.4 Å². The fraction of sp³-hybridized carbons (Fsp3) is 0.263. The average molecular weight is 378 g/mol. The van der Waals surface area contributed by atoms with E-state index in [1.807, 2.05) is 18.2 Å². The highest BCUT2D eigenvalue weighted by Crippen LogP contribution is 2.27. The number of nitrogens with one attached hydrogen (secondary N) is 1. The summed E-state index contributed by atoms with van der Waals surface area (Å²) in [6.45, 7) is 1.65. The van der Waals surface area contributed by atoms with E-state index >= 15 is 0 Å². The zero-order valence-corrected chi connectivity index (χ0v) is 15.3. The van der Waals surface area contributed by atoms with E-state index in [1.54, 1.807) is 30.3 Å². The Morgan fingerprint density at radius 1 is 1.15 bits per heavy atom. The van der Waals surface area contributed by atoms with Gasteiger partial charge < -0.3 is 19.5 Å². The third-order valence-corrected chi connectivity index (χ3v) is 3.65. The summed E-state index contributed by atoms with van der Waals surface area (Å²) < 4.78 is 15.7. The first-order chi connectivity index (χ1) is 12.5. The Balaban J connectivity index is 1.81. The van der Waals surface area contributed by atoms with Crippen LogP contribution in [0.4, 0.5) is 5.69 Å². The summed E-state index contributed by atoms with van der Waals surface area (Å²) >= 11 is 5.92. The van der Waals surface area contributed by atoms with Crippen LogP contribution in [0.1, 0.15) is 13.3 Å². The van der Waals surface area contributed by atoms with Gasteiger partial charge in [0.25, 0.3) is 5.91 Å². The van der Waals surface area contributed by atoms with Crippen molar-refractivity contribution >= 4 is 29.2 Å². The summed E-state index contributed by atoms with van der Waals surface area (Å²) in [4.78, 5) is 24.1. The Morgan fingerprint density at radius 2 is 1.88 bits per heavy atom. The van der Waals surface area contributed by atoms with E-state index in [0.717, 1.165) is 0 Å². The van der Waals surface area contributed by atoms with Crippen LogP contribution in [0.15, 0.2) is 48.5 Å². The number of amides is 1. The van der Waals surface area contributed by atoms with Gasteiger partial charge in [-0.2, -0.15) is 0 Å². The standard InChI is InChI=1S/C19H20ClNO5/c1-13(19(23)21-16-12-14(20)8-9-17(16)24-2)26-18(22)10-11-25-15-6-4-3-5-7-15/h3-9,12-13H,10-11H2,1-2H3,(H,21,23)/t13-/m0/s1. The van der Waals surface area contributed by atoms with Crippen LogP contribution >= 0.6 is 11.6 Å². The van der Waals surface area contributed by atoms with Crippen molar-refractivity contribution in [3.8, 4) is 11.5 Å². The van der Waals surface area contributed by atoms with E-state index in [1.165, 1.54) is 14.0 Å². The number of hydrogen-bond donors (Lipinski definition) is 1. The highest BCUT2D eigenvalue weighted by Gasteiger charge is 2.19. The molecule has 0 aliphatic carbocycles. The van der Waals surface area contributed by atoms with Crippen molar-refractivity contribution in [1.82, 2.24) is 0 Å². The van der Waals surface area contributed by atoms with Crippen molar-refractivity contribution in [2.24, 2.45) is 0 Å². The van der Waals surface area contributed by atoms with E-state index in [9.17, 15) is 9.59 Å². The molecule has 2 rings (SSSR count). The Hall–Kier alpha value is -2.73. The van der Waals surface area contributed by atoms with E-state index in [-0.39, 0.29) is 13.0 Å². The van der Waals surface area contributed by atoms with Gasteiger partial charge in [0.05, 0.1) is 25.8 Å². The van der Waals surface area contributed by atoms with Crippen LogP contribution in [0.5, 0.6) is 11.5 Å². The number of carbonyl (C=O) groups is 2. The zero-order chi connectivity index (χ0) is 18.9. The number of benzene rings is 2. The molecule has 0 unspecified atom stereocenters. The second-order valence-corrected chi connectivity index (χ2v) is 5.81. The zero-order valence-electron chi connectivity index (χ0n) is 14.5. The number of esters is 1. The first-order valence-corrected chi connectivity index (χ1v) is 8.39. The van der Waals surface area contributed by atoms with Gasteiger partial charge in [-0.25, -0.2) is 0 Å². The predicted molar refractivity (Wildman–Crippen MR) is 98.7 cm³/mol. The predicted octanol–water partition coefficient (Wildman–Crippen LogP) is 3.69. The molecule has 0 aliphatic rings. The molecular formula is C19H20ClNO5. The van der Waals surface area contributed by atoms with Crippen LogP contribution in [0.3, 0.4) is 0 Å². The van der Waals surface area contributed by atoms with Gasteiger partial charge in [0.2, 0.25) is 0 Å². The molecule has 2 aromatic carbocycles. The lowest BCUT2D eigenvalue weighted by Gasteiger charge is -2.15. The quantitative estimate of drug-likeness (QED) is 0.710. The molecule has 2 aromatic rings. The van der Waals surface area contributed by atoms with Gasteiger partial charge in [-0.3, -0.25) is 9.59 Å². The average Bonchev–Trinajstić information content (AvgIpc) is 2.62. The molecule has 1 atom stereocenters. The second-order valence-electron chi connectivity index (χ2n) is 5.38. The summed E-state index contributed by atoms with van der Waals surface area (Å²) in [6, 6.07) is 14.0. The van der Waals surface area contributed by atoms with Crippen molar-refractivity contribution in [2.75, 3.05) is 19.0 Å². The number of para-hydroxylation sites is 1. The number of carbonyl (C=O) groups excluding carboxylic acids is 2. The van der Waals surface area contributed by atoms with E-state index < -0.39 is 18.0 Å². The lowest BCUT2D eigenvalue weighted by Crippen LogP contribution is -2.30. The van der Waals surface area contributed by atoms with Gasteiger partial charge in [-0.1, -0.05) is 29.8 Å². The van der Waals surface area contributed by atoms with Crippen LogP contribution < -0.4 is 14.8 Å². The van der Waals surface area contributed by atoms with E-state index in [2.05, 4.69) is 5.32 Å². The molecule has 0 heterocycles. The number of hydrogen-bond acceptors (Lipinski definition) is 5. The van der Waals surface area contributed by atoms with Crippen molar-refractivity contribution < 1.29 is 23.8 Å². The van der Waals surface area contributed by atoms with Gasteiger partial charge in [-0.05, 0) is 37.3 Å². The smallest absolute Gasteiger partial charge is 0.310 e. The van der Waals surface area contributed by atoms with Crippen LogP contribution in [-0.2, 0) is 14.3 Å². The van der Waals surface area contributed by atoms with E-state index in [0.29, 0.717) is 22.2 Å². The maximum Gasteiger partial charge on any atom is 0.310 e. The fourth-order valence-corrected chi connectivity index (χ4v) is 2.26. The number of methoxy groups -OCH3 is 1. The van der Waals surface area contributed by atoms with Crippen LogP contribution in [-0.4, -0.2) is 31.7 Å². The highest BCUT2D eigenvalue weighted by molar-refractivity contribution is 6.31. The number of ether oxygens (including phenoxy) is 3. The summed E-state index contributed by atoms with van der Waals surface area (Å²) in [6.07, 6.45) is -0.935. The van der Waals surface area contributed by atoms with Gasteiger partial charge >= 0.3 is 5.97 Å². The normalized spacial score (nSPS) is 11.3. The lowest BCUT2D eigenvalue weighted by molar-refractivity contribution is -0.153. The minimum Gasteiger partial charge on any atom is -0.495 e. The molecule has 0 saturated carbocycles. The Kier molecular flexibility index (Phi) is 7.29. The highest BCUT2D eigenvalue weighted by atomic mass is 35.5. The Bertz CT molecular complexity index is 751. The number of rotatable bonds is 8. The molecule has 0 aliphatic heterocycles. The molecule has 6 nitrogen and oxygen atoms in total. The summed E-state index contributed by atoms with van der Waals surface area (Å²) in [5, 5.41) is 3.08. The van der Waals surface area contributed by atoms with Gasteiger partial charge in [0, 0.05) is 5.02 Å². The molecule has 1 amide bonds. The third-order valence-electron chi connectivity index (χ3n) is 3.41. The minimum absolute atomic E-state index is 0.0347. The largest absolute Gasteiger partial charge is 0.495 e. The molecular weight excluding hydrogens is 358 g/mol. The first-order valence-electron chi connectivity index (χ1n) is 8.01. The lowest BCUT2D eigenvalue weighted by atomic mass is 10.2. The van der Waals surface area contributed by atoms with Gasteiger partial charge in [-0.15, -0.1) is 0 Å². The van der Waals surface area contributed by atoms with Crippen molar-refractivity contribution in [3.63, 3.8) is 0 Å². The maximum absolute atomic E-state index is 12.2. The number of anilines is 1. The van der Waals surface area contributed by atoms with Crippen molar-refractivity contribution in [3.05, 3.63) is 53.6 Å². The van der Waals surface area contributed by atoms with Gasteiger partial charge in [0.1, 0.15) is 11.5 Å². The van der Waals surface area contributed by atoms with Crippen LogP contribution in [0.2, 0.25) is 5.02 Å². The summed E-state index contributed by atoms with van der Waals surface area (Å²) in [5.74, 6) is 0.112. The molecule has 0 fully saturated rings. The SMILES string of the molecule is COc1ccc(Cl)cc1NC(=O)[C@H](C)OC(=O)CCOc1ccccc1. The van der Waals surface area contributed by atoms with Crippen LogP contribution in [0.25, 0.3) is 0 Å². The third kappa shape index (κ3) is 5.97. The van der Waals surface area contributed by atoms with E-state index in [4.69, 9.17) is 25.8 Å². The molecule has 138 valence electrons. The van der Waals surface area contributed by atoms with Gasteiger partial charge in [0.15, 0.2) is 6.10 Å². The first kappa shape index (κ1) is 19.6. The van der Waals surface area contributed by atoms with Crippen molar-refractivity contribution in [1.29, 1.82) is 0 Å². The van der Waals surface area contributed by atoms with Crippen LogP contribution in [0, 0.1) is 0 Å². The minimum atomic E-state index is -0.970. The summed E-state index contributed by atoms with van der Waals surface area (Å²) in [5.41, 5.74) is 0.403. The summed E-state index contributed by atoms with van der Waals surface area (Å²) in [7, 11) is 1.48. The maximum atomic E-state index is 12.2. The second kappa shape index (κ2) is 9.68. The molecule has 1 N–H and O–H groups in total. The molecule has 0 spiro atoms. The molecule has 26 heavy (non-hydrogen) atoms. The Labute approximate surface area is 157 Å². The Morgan fingerprint density at radius 3 is 2.58 bits per heavy atom. The molecule has 0 radical (unpaired) electrons. The number of halogens is 1. The topological polar surface area (TPSA) is 73.9 Å². The molecule has 0 saturated heterocycles. The molecule has 0 bridgehead atoms. The fourth-order valence-electron chi connectivity index (χ4n) is 2.09. The molecule has 7 heteroatoms. The molecule has 0 aromatic heterocycles.